The number of anilines is 1. The van der Waals surface area contributed by atoms with Gasteiger partial charge in [-0.05, 0) is 55.6 Å². The lowest BCUT2D eigenvalue weighted by Crippen LogP contribution is -2.48. The van der Waals surface area contributed by atoms with Gasteiger partial charge in [-0.1, -0.05) is 66.7 Å². The molecule has 252 valence electrons. The predicted molar refractivity (Wildman–Crippen MR) is 168 cm³/mol. The number of halogens is 3. The zero-order chi connectivity index (χ0) is 33.7. The Morgan fingerprint density at radius 2 is 1.66 bits per heavy atom. The molecule has 0 saturated carbocycles. The highest BCUT2D eigenvalue weighted by molar-refractivity contribution is 5.98. The Morgan fingerprint density at radius 1 is 1.00 bits per heavy atom. The van der Waals surface area contributed by atoms with Crippen LogP contribution in [0.5, 0.6) is 0 Å². The molecule has 2 saturated heterocycles. The van der Waals surface area contributed by atoms with Crippen molar-refractivity contribution >= 4 is 17.5 Å². The molecule has 0 spiro atoms. The highest BCUT2D eigenvalue weighted by Crippen LogP contribution is 2.39. The van der Waals surface area contributed by atoms with Crippen LogP contribution in [0.25, 0.3) is 0 Å². The molecule has 2 aliphatic heterocycles. The maximum absolute atomic E-state index is 13.0. The van der Waals surface area contributed by atoms with Crippen molar-refractivity contribution in [3.8, 4) is 0 Å². The van der Waals surface area contributed by atoms with Crippen LogP contribution in [0.1, 0.15) is 66.9 Å². The van der Waals surface area contributed by atoms with Crippen LogP contribution in [0, 0.1) is 0 Å². The number of likely N-dealkylation sites (N-methyl/N-ethyl adjacent to an activating group) is 1. The number of likely N-dealkylation sites (tertiary alicyclic amines) is 1. The monoisotopic (exact) mass is 655 g/mol. The van der Waals surface area contributed by atoms with Gasteiger partial charge in [0.25, 0.3) is 0 Å². The average Bonchev–Trinajstić information content (AvgIpc) is 3.57. The zero-order valence-corrected chi connectivity index (χ0v) is 26.3. The summed E-state index contributed by atoms with van der Waals surface area (Å²) in [5.74, 6) is -2.69. The maximum atomic E-state index is 13.0. The van der Waals surface area contributed by atoms with Crippen molar-refractivity contribution in [3.63, 3.8) is 0 Å². The molecule has 3 aromatic rings. The number of carbonyl (C=O) groups is 2. The molecule has 9 nitrogen and oxygen atoms in total. The van der Waals surface area contributed by atoms with E-state index in [1.807, 2.05) is 73.5 Å². The zero-order valence-electron chi connectivity index (χ0n) is 26.3. The van der Waals surface area contributed by atoms with E-state index in [2.05, 4.69) is 5.32 Å². The highest BCUT2D eigenvalue weighted by Gasteiger charge is 2.47. The average molecular weight is 656 g/mol. The minimum absolute atomic E-state index is 0.0765. The molecular weight excluding hydrogens is 615 g/mol. The Bertz CT molecular complexity index is 1490. The van der Waals surface area contributed by atoms with Crippen molar-refractivity contribution in [2.45, 2.75) is 75.7 Å². The highest BCUT2D eigenvalue weighted by atomic mass is 19.4. The van der Waals surface area contributed by atoms with Crippen LogP contribution in [-0.2, 0) is 25.7 Å². The predicted octanol–water partition coefficient (Wildman–Crippen LogP) is 5.27. The van der Waals surface area contributed by atoms with Crippen LogP contribution in [-0.4, -0.2) is 76.3 Å². The van der Waals surface area contributed by atoms with Crippen molar-refractivity contribution in [1.29, 1.82) is 0 Å². The van der Waals surface area contributed by atoms with E-state index in [-0.39, 0.29) is 37.8 Å². The number of carbonyl (C=O) groups excluding carboxylic acids is 2. The number of benzene rings is 3. The van der Waals surface area contributed by atoms with E-state index in [0.29, 0.717) is 35.5 Å². The first kappa shape index (κ1) is 34.5. The van der Waals surface area contributed by atoms with Crippen LogP contribution < -0.4 is 5.32 Å². The van der Waals surface area contributed by atoms with E-state index in [1.54, 1.807) is 24.3 Å². The van der Waals surface area contributed by atoms with Crippen molar-refractivity contribution in [2.24, 2.45) is 0 Å². The molecule has 2 fully saturated rings. The van der Waals surface area contributed by atoms with Crippen LogP contribution in [0.4, 0.5) is 18.9 Å². The van der Waals surface area contributed by atoms with E-state index in [1.165, 1.54) is 0 Å². The van der Waals surface area contributed by atoms with E-state index in [9.17, 15) is 33.0 Å². The molecule has 0 radical (unpaired) electrons. The van der Waals surface area contributed by atoms with Crippen LogP contribution >= 0.6 is 0 Å². The first-order valence-electron chi connectivity index (χ1n) is 15.7. The summed E-state index contributed by atoms with van der Waals surface area (Å²) in [5, 5.41) is 23.1. The lowest BCUT2D eigenvalue weighted by molar-refractivity contribution is -0.253. The smallest absolute Gasteiger partial charge is 0.392 e. The quantitative estimate of drug-likeness (QED) is 0.273. The Hall–Kier alpha value is -3.81. The number of aliphatic hydroxyl groups excluding tert-OH is 2. The Labute approximate surface area is 271 Å². The van der Waals surface area contributed by atoms with Gasteiger partial charge in [0.2, 0.25) is 5.91 Å². The number of amides is 2. The van der Waals surface area contributed by atoms with Crippen molar-refractivity contribution in [3.05, 3.63) is 101 Å². The van der Waals surface area contributed by atoms with Gasteiger partial charge in [0, 0.05) is 36.8 Å². The summed E-state index contributed by atoms with van der Waals surface area (Å²) in [6.45, 7) is 2.25. The van der Waals surface area contributed by atoms with Crippen LogP contribution in [0.15, 0.2) is 78.9 Å². The normalized spacial score (nSPS) is 23.0. The minimum atomic E-state index is -5.05. The summed E-state index contributed by atoms with van der Waals surface area (Å²) in [4.78, 5) is 27.3. The maximum Gasteiger partial charge on any atom is 0.471 e. The lowest BCUT2D eigenvalue weighted by atomic mass is 9.98. The molecule has 3 aromatic carbocycles. The topological polar surface area (TPSA) is 112 Å². The molecule has 3 N–H and O–H groups in total. The Kier molecular flexibility index (Phi) is 11.0. The summed E-state index contributed by atoms with van der Waals surface area (Å²) in [6.07, 6.45) is -6.17. The fourth-order valence-corrected chi connectivity index (χ4v) is 6.08. The minimum Gasteiger partial charge on any atom is -0.392 e. The largest absolute Gasteiger partial charge is 0.471 e. The molecule has 5 rings (SSSR count). The van der Waals surface area contributed by atoms with E-state index in [4.69, 9.17) is 9.47 Å². The number of rotatable bonds is 10. The second kappa shape index (κ2) is 15.0. The fourth-order valence-electron chi connectivity index (χ4n) is 6.08. The number of nitrogens with one attached hydrogen (secondary N) is 1. The number of alkyl halides is 3. The summed E-state index contributed by atoms with van der Waals surface area (Å²) in [5.41, 5.74) is 3.54. The molecule has 0 bridgehead atoms. The molecule has 0 unspecified atom stereocenters. The standard InChI is InChI=1S/C35H40F3N3O6/c1-22(31(43)25-7-4-3-5-8-25)40(2)20-28-19-30(24-12-10-23(21-42)11-13-24)47-33(46-28)26-14-16-27(17-15-26)39-32(44)29-9-6-18-41(29)34(45)35(36,37)38/h3-5,7-8,10-17,22,28-31,33,42-43H,6,9,18-21H2,1-2H3,(H,39,44)/t22-,28-,29+,30+,31-,33+/m1/s1. The van der Waals surface area contributed by atoms with Gasteiger partial charge in [-0.15, -0.1) is 0 Å². The number of ether oxygens (including phenoxy) is 2. The van der Waals surface area contributed by atoms with Gasteiger partial charge in [0.05, 0.1) is 24.9 Å². The second-order valence-electron chi connectivity index (χ2n) is 12.2. The lowest BCUT2D eigenvalue weighted by Gasteiger charge is -2.39. The summed E-state index contributed by atoms with van der Waals surface area (Å²) < 4.78 is 51.9. The van der Waals surface area contributed by atoms with Gasteiger partial charge in [-0.3, -0.25) is 14.5 Å². The van der Waals surface area contributed by atoms with Gasteiger partial charge in [-0.25, -0.2) is 0 Å². The third kappa shape index (κ3) is 8.38. The molecule has 47 heavy (non-hydrogen) atoms. The van der Waals surface area contributed by atoms with Crippen molar-refractivity contribution < 1.29 is 42.4 Å². The van der Waals surface area contributed by atoms with Crippen LogP contribution in [0.3, 0.4) is 0 Å². The van der Waals surface area contributed by atoms with Crippen LogP contribution in [0.2, 0.25) is 0 Å². The summed E-state index contributed by atoms with van der Waals surface area (Å²) in [6, 6.07) is 22.2. The molecule has 12 heteroatoms. The van der Waals surface area contributed by atoms with E-state index >= 15 is 0 Å². The Balaban J connectivity index is 1.29. The summed E-state index contributed by atoms with van der Waals surface area (Å²) in [7, 11) is 1.93. The first-order chi connectivity index (χ1) is 22.4. The number of aliphatic hydroxyl groups is 2. The second-order valence-corrected chi connectivity index (χ2v) is 12.2. The number of nitrogens with zero attached hydrogens (tertiary/aromatic N) is 2. The molecule has 2 heterocycles. The van der Waals surface area contributed by atoms with Gasteiger partial charge < -0.3 is 29.9 Å². The van der Waals surface area contributed by atoms with Gasteiger partial charge in [-0.2, -0.15) is 13.2 Å². The van der Waals surface area contributed by atoms with Crippen molar-refractivity contribution in [2.75, 3.05) is 25.5 Å². The third-order valence-electron chi connectivity index (χ3n) is 8.91. The van der Waals surface area contributed by atoms with E-state index in [0.717, 1.165) is 16.7 Å². The molecule has 0 aliphatic carbocycles. The van der Waals surface area contributed by atoms with Crippen molar-refractivity contribution in [1.82, 2.24) is 9.80 Å². The summed E-state index contributed by atoms with van der Waals surface area (Å²) >= 11 is 0. The third-order valence-corrected chi connectivity index (χ3v) is 8.91. The molecule has 2 amide bonds. The van der Waals surface area contributed by atoms with E-state index < -0.39 is 36.4 Å². The molecule has 2 aliphatic rings. The first-order valence-corrected chi connectivity index (χ1v) is 15.7. The SMILES string of the molecule is C[C@H]([C@@H](O)c1ccccc1)N(C)C[C@H]1C[C@@H](c2ccc(CO)cc2)O[C@@H](c2ccc(NC(=O)[C@@H]3CCCN3C(=O)C(F)(F)F)cc2)O1. The molecule has 0 aromatic heterocycles. The van der Waals surface area contributed by atoms with Gasteiger partial charge in [0.1, 0.15) is 6.04 Å². The number of hydrogen-bond donors (Lipinski definition) is 3. The van der Waals surface area contributed by atoms with Gasteiger partial charge in [0.15, 0.2) is 6.29 Å². The molecule has 6 atom stereocenters. The van der Waals surface area contributed by atoms with Gasteiger partial charge >= 0.3 is 12.1 Å². The Morgan fingerprint density at radius 3 is 2.30 bits per heavy atom. The fraction of sp³-hybridized carbons (Fsp3) is 0.429. The number of hydrogen-bond acceptors (Lipinski definition) is 7. The molecular formula is C35H40F3N3O6.